The smallest absolute Gasteiger partial charge is 0.110 e. The van der Waals surface area contributed by atoms with Gasteiger partial charge in [-0.25, -0.2) is 0 Å². The molecule has 82 valence electrons. The highest BCUT2D eigenvalue weighted by Gasteiger charge is 2.26. The molecule has 3 nitrogen and oxygen atoms in total. The van der Waals surface area contributed by atoms with Gasteiger partial charge in [0.25, 0.3) is 0 Å². The van der Waals surface area contributed by atoms with Crippen LogP contribution in [-0.4, -0.2) is 30.9 Å². The Morgan fingerprint density at radius 2 is 2.07 bits per heavy atom. The Morgan fingerprint density at radius 1 is 1.40 bits per heavy atom. The molecular formula is C12H17NO2. The quantitative estimate of drug-likeness (QED) is 0.770. The molecule has 0 amide bonds. The van der Waals surface area contributed by atoms with E-state index in [1.54, 1.807) is 6.92 Å². The van der Waals surface area contributed by atoms with Gasteiger partial charge in [0.2, 0.25) is 0 Å². The summed E-state index contributed by atoms with van der Waals surface area (Å²) in [5.41, 5.74) is 0.00825. The van der Waals surface area contributed by atoms with Crippen molar-refractivity contribution in [3.05, 3.63) is 35.9 Å². The SMILES string of the molecule is CC(O)(COC1CNC1)c1ccccc1. The third kappa shape index (κ3) is 2.56. The van der Waals surface area contributed by atoms with Crippen molar-refractivity contribution in [2.75, 3.05) is 19.7 Å². The average Bonchev–Trinajstić information content (AvgIpc) is 2.16. The largest absolute Gasteiger partial charge is 0.383 e. The van der Waals surface area contributed by atoms with Crippen molar-refractivity contribution in [3.8, 4) is 0 Å². The maximum Gasteiger partial charge on any atom is 0.110 e. The van der Waals surface area contributed by atoms with Crippen LogP contribution in [0.2, 0.25) is 0 Å². The molecule has 1 aromatic carbocycles. The average molecular weight is 207 g/mol. The highest BCUT2D eigenvalue weighted by Crippen LogP contribution is 2.21. The number of benzene rings is 1. The molecule has 3 heteroatoms. The van der Waals surface area contributed by atoms with Gasteiger partial charge in [0.1, 0.15) is 5.60 Å². The summed E-state index contributed by atoms with van der Waals surface area (Å²) in [5, 5.41) is 13.3. The maximum atomic E-state index is 10.2. The Labute approximate surface area is 90.1 Å². The lowest BCUT2D eigenvalue weighted by atomic mass is 9.97. The second-order valence-electron chi connectivity index (χ2n) is 4.23. The standard InChI is InChI=1S/C12H17NO2/c1-12(14,9-15-11-7-13-8-11)10-5-3-2-4-6-10/h2-6,11,13-14H,7-9H2,1H3. The maximum absolute atomic E-state index is 10.2. The lowest BCUT2D eigenvalue weighted by Gasteiger charge is -2.31. The Bertz CT molecular complexity index is 307. The van der Waals surface area contributed by atoms with Crippen molar-refractivity contribution in [2.45, 2.75) is 18.6 Å². The Morgan fingerprint density at radius 3 is 2.60 bits per heavy atom. The molecule has 1 fully saturated rings. The summed E-state index contributed by atoms with van der Waals surface area (Å²) in [6.07, 6.45) is 0.264. The van der Waals surface area contributed by atoms with E-state index in [2.05, 4.69) is 5.32 Å². The minimum atomic E-state index is -0.892. The van der Waals surface area contributed by atoms with Gasteiger partial charge in [-0.1, -0.05) is 30.3 Å². The molecule has 1 aromatic rings. The van der Waals surface area contributed by atoms with E-state index >= 15 is 0 Å². The highest BCUT2D eigenvalue weighted by atomic mass is 16.5. The monoisotopic (exact) mass is 207 g/mol. The predicted octanol–water partition coefficient (Wildman–Crippen LogP) is 0.882. The molecule has 0 bridgehead atoms. The molecule has 1 aliphatic rings. The van der Waals surface area contributed by atoms with Crippen LogP contribution >= 0.6 is 0 Å². The van der Waals surface area contributed by atoms with Crippen LogP contribution in [0.4, 0.5) is 0 Å². The van der Waals surface area contributed by atoms with Crippen LogP contribution in [-0.2, 0) is 10.3 Å². The summed E-state index contributed by atoms with van der Waals surface area (Å²) in [6, 6.07) is 9.63. The van der Waals surface area contributed by atoms with Gasteiger partial charge in [0.05, 0.1) is 12.7 Å². The first-order chi connectivity index (χ1) is 7.18. The van der Waals surface area contributed by atoms with Crippen LogP contribution < -0.4 is 5.32 Å². The van der Waals surface area contributed by atoms with Crippen molar-refractivity contribution >= 4 is 0 Å². The fraction of sp³-hybridized carbons (Fsp3) is 0.500. The normalized spacial score (nSPS) is 20.7. The van der Waals surface area contributed by atoms with Gasteiger partial charge in [0.15, 0.2) is 0 Å². The minimum Gasteiger partial charge on any atom is -0.383 e. The minimum absolute atomic E-state index is 0.264. The summed E-state index contributed by atoms with van der Waals surface area (Å²) in [6.45, 7) is 3.92. The lowest BCUT2D eigenvalue weighted by Crippen LogP contribution is -2.50. The van der Waals surface area contributed by atoms with Crippen molar-refractivity contribution < 1.29 is 9.84 Å². The first-order valence-electron chi connectivity index (χ1n) is 5.29. The fourth-order valence-corrected chi connectivity index (χ4v) is 1.54. The van der Waals surface area contributed by atoms with Crippen molar-refractivity contribution in [2.24, 2.45) is 0 Å². The number of hydrogen-bond donors (Lipinski definition) is 2. The zero-order valence-corrected chi connectivity index (χ0v) is 8.94. The summed E-state index contributed by atoms with van der Waals surface area (Å²) < 4.78 is 5.58. The highest BCUT2D eigenvalue weighted by molar-refractivity contribution is 5.21. The van der Waals surface area contributed by atoms with E-state index in [1.807, 2.05) is 30.3 Å². The fourth-order valence-electron chi connectivity index (χ4n) is 1.54. The number of nitrogens with one attached hydrogen (secondary N) is 1. The van der Waals surface area contributed by atoms with Crippen molar-refractivity contribution in [1.29, 1.82) is 0 Å². The van der Waals surface area contributed by atoms with Gasteiger partial charge in [-0.15, -0.1) is 0 Å². The van der Waals surface area contributed by atoms with Crippen LogP contribution in [0, 0.1) is 0 Å². The molecule has 0 aliphatic carbocycles. The van der Waals surface area contributed by atoms with Crippen LogP contribution in [0.25, 0.3) is 0 Å². The van der Waals surface area contributed by atoms with E-state index in [1.165, 1.54) is 0 Å². The zero-order valence-electron chi connectivity index (χ0n) is 8.94. The summed E-state index contributed by atoms with van der Waals surface area (Å²) in [7, 11) is 0. The molecule has 1 saturated heterocycles. The first-order valence-corrected chi connectivity index (χ1v) is 5.29. The van der Waals surface area contributed by atoms with Crippen LogP contribution in [0.3, 0.4) is 0 Å². The molecule has 1 aliphatic heterocycles. The van der Waals surface area contributed by atoms with Crippen LogP contribution in [0.15, 0.2) is 30.3 Å². The van der Waals surface area contributed by atoms with E-state index in [-0.39, 0.29) is 6.10 Å². The van der Waals surface area contributed by atoms with E-state index in [0.717, 1.165) is 18.7 Å². The van der Waals surface area contributed by atoms with Crippen molar-refractivity contribution in [3.63, 3.8) is 0 Å². The molecule has 2 rings (SSSR count). The molecule has 2 N–H and O–H groups in total. The summed E-state index contributed by atoms with van der Waals surface area (Å²) in [4.78, 5) is 0. The Balaban J connectivity index is 1.93. The molecule has 0 spiro atoms. The number of rotatable bonds is 4. The first kappa shape index (κ1) is 10.6. The number of hydrogen-bond acceptors (Lipinski definition) is 3. The van der Waals surface area contributed by atoms with Gasteiger partial charge in [0, 0.05) is 13.1 Å². The second kappa shape index (κ2) is 4.31. The third-order valence-corrected chi connectivity index (χ3v) is 2.74. The Hall–Kier alpha value is -0.900. The van der Waals surface area contributed by atoms with E-state index in [9.17, 15) is 5.11 Å². The molecule has 15 heavy (non-hydrogen) atoms. The molecule has 1 heterocycles. The van der Waals surface area contributed by atoms with Gasteiger partial charge in [-0.3, -0.25) is 0 Å². The van der Waals surface area contributed by atoms with E-state index in [4.69, 9.17) is 4.74 Å². The van der Waals surface area contributed by atoms with Gasteiger partial charge in [-0.2, -0.15) is 0 Å². The van der Waals surface area contributed by atoms with Gasteiger partial charge < -0.3 is 15.2 Å². The zero-order chi connectivity index (χ0) is 10.7. The van der Waals surface area contributed by atoms with E-state index in [0.29, 0.717) is 6.61 Å². The van der Waals surface area contributed by atoms with Crippen LogP contribution in [0.1, 0.15) is 12.5 Å². The summed E-state index contributed by atoms with van der Waals surface area (Å²) >= 11 is 0. The number of ether oxygens (including phenoxy) is 1. The van der Waals surface area contributed by atoms with E-state index < -0.39 is 5.60 Å². The lowest BCUT2D eigenvalue weighted by molar-refractivity contribution is -0.0794. The molecule has 0 radical (unpaired) electrons. The second-order valence-corrected chi connectivity index (χ2v) is 4.23. The summed E-state index contributed by atoms with van der Waals surface area (Å²) in [5.74, 6) is 0. The molecule has 1 unspecified atom stereocenters. The predicted molar refractivity (Wildman–Crippen MR) is 58.6 cm³/mol. The Kier molecular flexibility index (Phi) is 3.05. The number of aliphatic hydroxyl groups is 1. The van der Waals surface area contributed by atoms with Crippen LogP contribution in [0.5, 0.6) is 0 Å². The van der Waals surface area contributed by atoms with Gasteiger partial charge in [-0.05, 0) is 12.5 Å². The molecule has 0 aromatic heterocycles. The van der Waals surface area contributed by atoms with Gasteiger partial charge >= 0.3 is 0 Å². The van der Waals surface area contributed by atoms with Crippen molar-refractivity contribution in [1.82, 2.24) is 5.32 Å². The topological polar surface area (TPSA) is 41.5 Å². The molecular weight excluding hydrogens is 190 g/mol. The molecule has 0 saturated carbocycles. The third-order valence-electron chi connectivity index (χ3n) is 2.74. The molecule has 1 atom stereocenters.